The van der Waals surface area contributed by atoms with Gasteiger partial charge in [-0.05, 0) is 62.7 Å². The topological polar surface area (TPSA) is 146 Å². The molecule has 14 heteroatoms. The lowest BCUT2D eigenvalue weighted by molar-refractivity contribution is -0.131. The molecule has 2 N–H and O–H groups in total. The predicted molar refractivity (Wildman–Crippen MR) is 179 cm³/mol. The fourth-order valence-electron chi connectivity index (χ4n) is 8.04. The van der Waals surface area contributed by atoms with Gasteiger partial charge in [-0.15, -0.1) is 0 Å². The number of halogens is 1. The molecule has 47 heavy (non-hydrogen) atoms. The van der Waals surface area contributed by atoms with Gasteiger partial charge in [-0.3, -0.25) is 14.3 Å². The molecule has 3 fully saturated rings. The maximum absolute atomic E-state index is 12.9. The van der Waals surface area contributed by atoms with Crippen molar-refractivity contribution in [2.75, 3.05) is 61.8 Å². The van der Waals surface area contributed by atoms with Gasteiger partial charge < -0.3 is 29.2 Å². The van der Waals surface area contributed by atoms with E-state index in [0.29, 0.717) is 50.2 Å². The van der Waals surface area contributed by atoms with Gasteiger partial charge in [-0.2, -0.15) is 15.2 Å². The Bertz CT molecular complexity index is 1760. The summed E-state index contributed by atoms with van der Waals surface area (Å²) in [7, 11) is -4.55. The van der Waals surface area contributed by atoms with Crippen LogP contribution in [-0.2, 0) is 22.3 Å². The Morgan fingerprint density at radius 3 is 2.57 bits per heavy atom. The fourth-order valence-corrected chi connectivity index (χ4v) is 8.86. The lowest BCUT2D eigenvalue weighted by Crippen LogP contribution is -2.56. The standard InChI is InChI=1S/C33H39ClN7O5P/c34-26-7-1-5-23-6-2-8-28(30(23)26)38-16-10-25-27(20-38)36-32(46-22-33-11-3-14-40(33)15-4-12-33)37-31(25)39-17-18-41(24(19-39)9-13-35)29(42)21-47(43,44)45/h1-2,5-8,24H,3-4,9-12,14-22H2,(H2,43,44,45). The van der Waals surface area contributed by atoms with E-state index in [1.165, 1.54) is 4.90 Å². The second-order valence-corrected chi connectivity index (χ2v) is 15.2. The Kier molecular flexibility index (Phi) is 8.79. The van der Waals surface area contributed by atoms with Crippen LogP contribution in [0.15, 0.2) is 36.4 Å². The molecule has 3 aromatic rings. The van der Waals surface area contributed by atoms with E-state index >= 15 is 0 Å². The summed E-state index contributed by atoms with van der Waals surface area (Å²) in [5.41, 5.74) is 2.93. The monoisotopic (exact) mass is 679 g/mol. The van der Waals surface area contributed by atoms with Crippen molar-refractivity contribution in [1.82, 2.24) is 19.8 Å². The molecule has 0 aliphatic carbocycles. The summed E-state index contributed by atoms with van der Waals surface area (Å²) in [6, 6.07) is 14.1. The van der Waals surface area contributed by atoms with Crippen molar-refractivity contribution in [3.63, 3.8) is 0 Å². The van der Waals surface area contributed by atoms with Crippen LogP contribution in [0, 0.1) is 11.3 Å². The number of benzene rings is 2. The van der Waals surface area contributed by atoms with Crippen molar-refractivity contribution in [2.24, 2.45) is 0 Å². The van der Waals surface area contributed by atoms with Crippen LogP contribution < -0.4 is 14.5 Å². The van der Waals surface area contributed by atoms with Crippen molar-refractivity contribution >= 4 is 47.4 Å². The Morgan fingerprint density at radius 2 is 1.83 bits per heavy atom. The normalized spacial score (nSPS) is 21.1. The summed E-state index contributed by atoms with van der Waals surface area (Å²) < 4.78 is 18.1. The predicted octanol–water partition coefficient (Wildman–Crippen LogP) is 3.96. The highest BCUT2D eigenvalue weighted by Crippen LogP contribution is 2.41. The van der Waals surface area contributed by atoms with Crippen LogP contribution in [0.25, 0.3) is 10.8 Å². The van der Waals surface area contributed by atoms with Crippen molar-refractivity contribution < 1.29 is 23.9 Å². The molecule has 1 amide bonds. The van der Waals surface area contributed by atoms with Gasteiger partial charge >= 0.3 is 13.6 Å². The number of amides is 1. The van der Waals surface area contributed by atoms with Crippen molar-refractivity contribution in [1.29, 1.82) is 5.26 Å². The van der Waals surface area contributed by atoms with Crippen LogP contribution in [0.1, 0.15) is 43.4 Å². The highest BCUT2D eigenvalue weighted by molar-refractivity contribution is 7.52. The number of carbonyl (C=O) groups is 1. The van der Waals surface area contributed by atoms with Crippen molar-refractivity contribution in [3.05, 3.63) is 52.7 Å². The van der Waals surface area contributed by atoms with Crippen LogP contribution in [0.2, 0.25) is 5.02 Å². The Labute approximate surface area is 279 Å². The van der Waals surface area contributed by atoms with Crippen LogP contribution in [0.5, 0.6) is 6.01 Å². The fraction of sp³-hybridized carbons (Fsp3) is 0.515. The van der Waals surface area contributed by atoms with Gasteiger partial charge in [0.15, 0.2) is 0 Å². The molecule has 0 saturated carbocycles. The minimum absolute atomic E-state index is 0.0217. The summed E-state index contributed by atoms with van der Waals surface area (Å²) >= 11 is 6.71. The van der Waals surface area contributed by atoms with Gasteiger partial charge in [0.2, 0.25) is 5.91 Å². The first-order valence-electron chi connectivity index (χ1n) is 16.3. The minimum Gasteiger partial charge on any atom is -0.461 e. The largest absolute Gasteiger partial charge is 0.461 e. The van der Waals surface area contributed by atoms with E-state index in [-0.39, 0.29) is 18.5 Å². The first-order chi connectivity index (χ1) is 22.6. The number of hydrogen-bond acceptors (Lipinski definition) is 9. The first kappa shape index (κ1) is 32.1. The number of nitrogens with zero attached hydrogens (tertiary/aromatic N) is 7. The number of rotatable bonds is 8. The molecule has 7 rings (SSSR count). The maximum Gasteiger partial charge on any atom is 0.334 e. The summed E-state index contributed by atoms with van der Waals surface area (Å²) in [5, 5.41) is 12.4. The molecule has 248 valence electrons. The molecule has 1 unspecified atom stereocenters. The molecular weight excluding hydrogens is 641 g/mol. The van der Waals surface area contributed by atoms with Crippen LogP contribution in [0.3, 0.4) is 0 Å². The molecule has 5 heterocycles. The number of anilines is 2. The van der Waals surface area contributed by atoms with Crippen molar-refractivity contribution in [2.45, 2.75) is 56.7 Å². The minimum atomic E-state index is -4.55. The van der Waals surface area contributed by atoms with Gasteiger partial charge in [0.05, 0.1) is 41.3 Å². The summed E-state index contributed by atoms with van der Waals surface area (Å²) in [4.78, 5) is 50.1. The smallest absolute Gasteiger partial charge is 0.334 e. The highest BCUT2D eigenvalue weighted by atomic mass is 35.5. The third kappa shape index (κ3) is 6.40. The van der Waals surface area contributed by atoms with E-state index in [2.05, 4.69) is 39.0 Å². The molecule has 12 nitrogen and oxygen atoms in total. The van der Waals surface area contributed by atoms with E-state index in [4.69, 9.17) is 26.3 Å². The number of ether oxygens (including phenoxy) is 1. The number of aromatic nitrogens is 2. The molecule has 3 saturated heterocycles. The average molecular weight is 680 g/mol. The highest BCUT2D eigenvalue weighted by Gasteiger charge is 2.45. The summed E-state index contributed by atoms with van der Waals surface area (Å²) in [6.45, 7) is 4.89. The van der Waals surface area contributed by atoms with Crippen LogP contribution in [0.4, 0.5) is 11.5 Å². The zero-order chi connectivity index (χ0) is 32.8. The number of nitriles is 1. The van der Waals surface area contributed by atoms with E-state index in [9.17, 15) is 24.4 Å². The molecular formula is C33H39ClN7O5P. The van der Waals surface area contributed by atoms with Gasteiger partial charge in [0, 0.05) is 42.8 Å². The number of piperazine rings is 1. The Morgan fingerprint density at radius 1 is 1.06 bits per heavy atom. The molecule has 0 radical (unpaired) electrons. The maximum atomic E-state index is 12.9. The Hall–Kier alpha value is -3.46. The molecule has 2 aromatic carbocycles. The summed E-state index contributed by atoms with van der Waals surface area (Å²) in [5.74, 6) is 0.0890. The van der Waals surface area contributed by atoms with E-state index in [1.54, 1.807) is 0 Å². The van der Waals surface area contributed by atoms with Gasteiger partial charge in [0.1, 0.15) is 18.6 Å². The van der Waals surface area contributed by atoms with Gasteiger partial charge in [-0.25, -0.2) is 0 Å². The second-order valence-electron chi connectivity index (χ2n) is 13.1. The van der Waals surface area contributed by atoms with E-state index in [1.807, 2.05) is 18.2 Å². The average Bonchev–Trinajstić information content (AvgIpc) is 3.63. The number of fused-ring (bicyclic) bond motifs is 3. The molecule has 0 spiro atoms. The zero-order valence-electron chi connectivity index (χ0n) is 26.2. The SMILES string of the molecule is N#CCC1CN(c2nc(OCC34CCCN3CCC4)nc3c2CCN(c2cccc4cccc(Cl)c24)C3)CCN1C(=O)CP(=O)(O)O. The quantitative estimate of drug-likeness (QED) is 0.334. The third-order valence-electron chi connectivity index (χ3n) is 10.2. The van der Waals surface area contributed by atoms with E-state index in [0.717, 1.165) is 72.3 Å². The first-order valence-corrected chi connectivity index (χ1v) is 18.5. The molecule has 4 aliphatic heterocycles. The molecule has 0 bridgehead atoms. The second kappa shape index (κ2) is 12.9. The van der Waals surface area contributed by atoms with E-state index < -0.39 is 25.7 Å². The number of hydrogen-bond donors (Lipinski definition) is 2. The Balaban J connectivity index is 1.21. The third-order valence-corrected chi connectivity index (χ3v) is 11.2. The molecule has 1 aromatic heterocycles. The van der Waals surface area contributed by atoms with Gasteiger partial charge in [-0.1, -0.05) is 35.9 Å². The molecule has 1 atom stereocenters. The lowest BCUT2D eigenvalue weighted by Gasteiger charge is -2.42. The lowest BCUT2D eigenvalue weighted by atomic mass is 9.95. The zero-order valence-corrected chi connectivity index (χ0v) is 27.9. The number of carbonyl (C=O) groups excluding carboxylic acids is 1. The van der Waals surface area contributed by atoms with Crippen molar-refractivity contribution in [3.8, 4) is 12.1 Å². The van der Waals surface area contributed by atoms with Crippen LogP contribution >= 0.6 is 19.2 Å². The summed E-state index contributed by atoms with van der Waals surface area (Å²) in [6.07, 6.45) is 4.35. The molecule has 4 aliphatic rings. The van der Waals surface area contributed by atoms with Crippen LogP contribution in [-0.4, -0.2) is 99.1 Å². The van der Waals surface area contributed by atoms with Gasteiger partial charge in [0.25, 0.3) is 0 Å².